The number of piperidine rings is 1. The number of nitrogens with one attached hydrogen (secondary N) is 2. The van der Waals surface area contributed by atoms with E-state index in [4.69, 9.17) is 16.3 Å². The Bertz CT molecular complexity index is 683. The highest BCUT2D eigenvalue weighted by Crippen LogP contribution is 2.39. The summed E-state index contributed by atoms with van der Waals surface area (Å²) in [7, 11) is 1.57. The van der Waals surface area contributed by atoms with E-state index in [1.165, 1.54) is 6.92 Å². The topological polar surface area (TPSA) is 87.7 Å². The van der Waals surface area contributed by atoms with Gasteiger partial charge < -0.3 is 20.3 Å². The largest absolute Gasteiger partial charge is 0.383 e. The van der Waals surface area contributed by atoms with E-state index in [0.717, 1.165) is 5.56 Å². The Kier molecular flexibility index (Phi) is 8.06. The van der Waals surface area contributed by atoms with Crippen molar-refractivity contribution in [1.29, 1.82) is 0 Å². The van der Waals surface area contributed by atoms with Crippen LogP contribution < -0.4 is 10.6 Å². The van der Waals surface area contributed by atoms with Crippen LogP contribution in [0.5, 0.6) is 0 Å². The van der Waals surface area contributed by atoms with Crippen LogP contribution in [-0.2, 0) is 19.1 Å². The van der Waals surface area contributed by atoms with Crippen LogP contribution in [0.3, 0.4) is 0 Å². The SMILES string of the molecule is COCCN1C(=O)CC[C@@H](C(=O)NCCNC(C)=O)[C@@H]1c1ccccc1Cl. The fraction of sp³-hybridized carbons (Fsp3) is 0.526. The molecule has 2 atom stereocenters. The molecule has 148 valence electrons. The summed E-state index contributed by atoms with van der Waals surface area (Å²) < 4.78 is 5.14. The van der Waals surface area contributed by atoms with Gasteiger partial charge in [-0.2, -0.15) is 0 Å². The molecule has 2 N–H and O–H groups in total. The van der Waals surface area contributed by atoms with Gasteiger partial charge in [-0.3, -0.25) is 14.4 Å². The lowest BCUT2D eigenvalue weighted by molar-refractivity contribution is -0.144. The molecule has 8 heteroatoms. The number of carbonyl (C=O) groups is 3. The minimum absolute atomic E-state index is 0.0146. The number of hydrogen-bond acceptors (Lipinski definition) is 4. The molecule has 0 spiro atoms. The highest BCUT2D eigenvalue weighted by Gasteiger charge is 2.41. The van der Waals surface area contributed by atoms with Crippen molar-refractivity contribution in [2.45, 2.75) is 25.8 Å². The number of carbonyl (C=O) groups excluding carboxylic acids is 3. The summed E-state index contributed by atoms with van der Waals surface area (Å²) in [4.78, 5) is 38.0. The van der Waals surface area contributed by atoms with Crippen LogP contribution >= 0.6 is 11.6 Å². The molecule has 0 aliphatic carbocycles. The number of ether oxygens (including phenoxy) is 1. The number of halogens is 1. The molecule has 0 aromatic heterocycles. The maximum Gasteiger partial charge on any atom is 0.225 e. The van der Waals surface area contributed by atoms with Crippen molar-refractivity contribution >= 4 is 29.3 Å². The molecule has 0 unspecified atom stereocenters. The van der Waals surface area contributed by atoms with Gasteiger partial charge in [0.25, 0.3) is 0 Å². The monoisotopic (exact) mass is 395 g/mol. The van der Waals surface area contributed by atoms with E-state index < -0.39 is 12.0 Å². The van der Waals surface area contributed by atoms with E-state index in [9.17, 15) is 14.4 Å². The molecule has 1 aromatic rings. The summed E-state index contributed by atoms with van der Waals surface area (Å²) in [5, 5.41) is 6.02. The Morgan fingerprint density at radius 2 is 1.96 bits per heavy atom. The minimum Gasteiger partial charge on any atom is -0.383 e. The first-order valence-corrected chi connectivity index (χ1v) is 9.38. The lowest BCUT2D eigenvalue weighted by Crippen LogP contribution is -2.49. The molecular formula is C19H26ClN3O4. The lowest BCUT2D eigenvalue weighted by Gasteiger charge is -2.41. The summed E-state index contributed by atoms with van der Waals surface area (Å²) in [6, 6.07) is 6.83. The molecule has 2 rings (SSSR count). The number of rotatable bonds is 8. The molecular weight excluding hydrogens is 370 g/mol. The molecule has 27 heavy (non-hydrogen) atoms. The molecule has 0 saturated carbocycles. The van der Waals surface area contributed by atoms with Crippen LogP contribution in [0, 0.1) is 5.92 Å². The predicted molar refractivity (Wildman–Crippen MR) is 102 cm³/mol. The van der Waals surface area contributed by atoms with Crippen molar-refractivity contribution < 1.29 is 19.1 Å². The number of likely N-dealkylation sites (tertiary alicyclic amines) is 1. The first-order chi connectivity index (χ1) is 13.0. The molecule has 0 radical (unpaired) electrons. The quantitative estimate of drug-likeness (QED) is 0.653. The van der Waals surface area contributed by atoms with Crippen LogP contribution in [0.2, 0.25) is 5.02 Å². The zero-order valence-corrected chi connectivity index (χ0v) is 16.4. The van der Waals surface area contributed by atoms with Crippen molar-refractivity contribution in [3.63, 3.8) is 0 Å². The Labute approximate surface area is 164 Å². The van der Waals surface area contributed by atoms with Gasteiger partial charge in [0, 0.05) is 45.1 Å². The molecule has 1 aliphatic heterocycles. The molecule has 7 nitrogen and oxygen atoms in total. The highest BCUT2D eigenvalue weighted by atomic mass is 35.5. The van der Waals surface area contributed by atoms with Crippen molar-refractivity contribution in [2.24, 2.45) is 5.92 Å². The smallest absolute Gasteiger partial charge is 0.225 e. The van der Waals surface area contributed by atoms with Crippen molar-refractivity contribution in [3.05, 3.63) is 34.9 Å². The standard InChI is InChI=1S/C19H26ClN3O4/c1-13(24)21-9-10-22-19(26)15-7-8-17(25)23(11-12-27-2)18(15)14-5-3-4-6-16(14)20/h3-6,15,18H,7-12H2,1-2H3,(H,21,24)(H,22,26)/t15-,18+/m1/s1. The summed E-state index contributed by atoms with van der Waals surface area (Å²) in [6.45, 7) is 2.88. The Balaban J connectivity index is 2.22. The number of methoxy groups -OCH3 is 1. The van der Waals surface area contributed by atoms with Gasteiger partial charge in [0.05, 0.1) is 18.6 Å². The van der Waals surface area contributed by atoms with E-state index >= 15 is 0 Å². The first kappa shape index (κ1) is 21.2. The van der Waals surface area contributed by atoms with Crippen molar-refractivity contribution in [3.8, 4) is 0 Å². The summed E-state index contributed by atoms with van der Waals surface area (Å²) in [5.41, 5.74) is 0.755. The second-order valence-corrected chi connectivity index (χ2v) is 6.87. The fourth-order valence-electron chi connectivity index (χ4n) is 3.34. The van der Waals surface area contributed by atoms with Gasteiger partial charge in [0.15, 0.2) is 0 Å². The fourth-order valence-corrected chi connectivity index (χ4v) is 3.58. The second-order valence-electron chi connectivity index (χ2n) is 6.47. The summed E-state index contributed by atoms with van der Waals surface area (Å²) in [6.07, 6.45) is 0.749. The summed E-state index contributed by atoms with van der Waals surface area (Å²) >= 11 is 6.39. The zero-order chi connectivity index (χ0) is 19.8. The van der Waals surface area contributed by atoms with Crippen molar-refractivity contribution in [2.75, 3.05) is 33.4 Å². The normalized spacial score (nSPS) is 19.7. The third-order valence-corrected chi connectivity index (χ3v) is 4.95. The third-order valence-electron chi connectivity index (χ3n) is 4.60. The van der Waals surface area contributed by atoms with E-state index in [1.54, 1.807) is 18.1 Å². The first-order valence-electron chi connectivity index (χ1n) is 9.00. The Morgan fingerprint density at radius 3 is 2.63 bits per heavy atom. The van der Waals surface area contributed by atoms with Gasteiger partial charge in [-0.25, -0.2) is 0 Å². The highest BCUT2D eigenvalue weighted by molar-refractivity contribution is 6.31. The van der Waals surface area contributed by atoms with Gasteiger partial charge in [-0.1, -0.05) is 29.8 Å². The van der Waals surface area contributed by atoms with Gasteiger partial charge in [-0.05, 0) is 18.1 Å². The zero-order valence-electron chi connectivity index (χ0n) is 15.7. The molecule has 1 heterocycles. The number of benzene rings is 1. The Morgan fingerprint density at radius 1 is 1.26 bits per heavy atom. The Hall–Kier alpha value is -2.12. The number of nitrogens with zero attached hydrogens (tertiary/aromatic N) is 1. The molecule has 1 aliphatic rings. The van der Waals surface area contributed by atoms with Gasteiger partial charge in [0.1, 0.15) is 0 Å². The van der Waals surface area contributed by atoms with Crippen LogP contribution in [0.1, 0.15) is 31.4 Å². The average Bonchev–Trinajstić information content (AvgIpc) is 2.64. The van der Waals surface area contributed by atoms with Crippen LogP contribution in [-0.4, -0.2) is 56.0 Å². The lowest BCUT2D eigenvalue weighted by atomic mass is 9.83. The molecule has 1 saturated heterocycles. The molecule has 1 fully saturated rings. The van der Waals surface area contributed by atoms with Crippen molar-refractivity contribution in [1.82, 2.24) is 15.5 Å². The average molecular weight is 396 g/mol. The van der Waals surface area contributed by atoms with E-state index in [2.05, 4.69) is 10.6 Å². The molecule has 0 bridgehead atoms. The number of hydrogen-bond donors (Lipinski definition) is 2. The second kappa shape index (κ2) is 10.3. The molecule has 3 amide bonds. The van der Waals surface area contributed by atoms with E-state index in [1.807, 2.05) is 18.2 Å². The van der Waals surface area contributed by atoms with Crippen LogP contribution in [0.15, 0.2) is 24.3 Å². The van der Waals surface area contributed by atoms with Gasteiger partial charge in [-0.15, -0.1) is 0 Å². The third kappa shape index (κ3) is 5.68. The summed E-state index contributed by atoms with van der Waals surface area (Å²) in [5.74, 6) is -0.733. The minimum atomic E-state index is -0.448. The van der Waals surface area contributed by atoms with Gasteiger partial charge >= 0.3 is 0 Å². The predicted octanol–water partition coefficient (Wildman–Crippen LogP) is 1.52. The van der Waals surface area contributed by atoms with E-state index in [-0.39, 0.29) is 17.7 Å². The number of amides is 3. The van der Waals surface area contributed by atoms with Gasteiger partial charge in [0.2, 0.25) is 17.7 Å². The maximum absolute atomic E-state index is 12.8. The van der Waals surface area contributed by atoms with Crippen LogP contribution in [0.25, 0.3) is 0 Å². The van der Waals surface area contributed by atoms with Crippen LogP contribution in [0.4, 0.5) is 0 Å². The maximum atomic E-state index is 12.8. The molecule has 1 aromatic carbocycles. The van der Waals surface area contributed by atoms with E-state index in [0.29, 0.717) is 44.1 Å².